The molecule has 0 spiro atoms. The second kappa shape index (κ2) is 6.22. The summed E-state index contributed by atoms with van der Waals surface area (Å²) in [5, 5.41) is 3.50. The van der Waals surface area contributed by atoms with Gasteiger partial charge in [0.1, 0.15) is 5.82 Å². The Kier molecular flexibility index (Phi) is 3.81. The van der Waals surface area contributed by atoms with Crippen LogP contribution in [0.15, 0.2) is 30.3 Å². The Hall–Kier alpha value is -2.63. The fraction of sp³-hybridized carbons (Fsp3) is 0.476. The van der Waals surface area contributed by atoms with Crippen molar-refractivity contribution in [2.75, 3.05) is 24.3 Å². The third-order valence-electron chi connectivity index (χ3n) is 5.90. The summed E-state index contributed by atoms with van der Waals surface area (Å²) in [6.07, 6.45) is 4.99. The van der Waals surface area contributed by atoms with Crippen LogP contribution in [0.5, 0.6) is 0 Å². The van der Waals surface area contributed by atoms with E-state index in [2.05, 4.69) is 10.2 Å². The van der Waals surface area contributed by atoms with Crippen molar-refractivity contribution in [2.24, 2.45) is 5.92 Å². The largest absolute Gasteiger partial charge is 0.347 e. The summed E-state index contributed by atoms with van der Waals surface area (Å²) in [7, 11) is 3.93. The molecule has 6 heteroatoms. The zero-order chi connectivity index (χ0) is 18.5. The maximum atomic E-state index is 12.9. The molecule has 1 aromatic heterocycles. The molecule has 140 valence electrons. The van der Waals surface area contributed by atoms with Crippen molar-refractivity contribution in [1.82, 2.24) is 14.9 Å². The number of nitrogens with zero attached hydrogens (tertiary/aromatic N) is 4. The second-order valence-corrected chi connectivity index (χ2v) is 8.09. The summed E-state index contributed by atoms with van der Waals surface area (Å²) in [5.41, 5.74) is 3.22. The van der Waals surface area contributed by atoms with E-state index in [1.165, 1.54) is 0 Å². The number of carbonyl (C=O) groups excluding carboxylic acids is 1. The number of hydrogen-bond donors (Lipinski definition) is 1. The van der Waals surface area contributed by atoms with Gasteiger partial charge in [0.25, 0.3) is 0 Å². The number of rotatable bonds is 4. The molecular weight excluding hydrogens is 338 g/mol. The van der Waals surface area contributed by atoms with Crippen molar-refractivity contribution in [3.63, 3.8) is 0 Å². The van der Waals surface area contributed by atoms with Crippen LogP contribution in [0.3, 0.4) is 0 Å². The van der Waals surface area contributed by atoms with Gasteiger partial charge >= 0.3 is 0 Å². The van der Waals surface area contributed by atoms with Crippen molar-refractivity contribution in [1.29, 1.82) is 0 Å². The minimum absolute atomic E-state index is 0.106. The Bertz CT molecular complexity index is 878. The third-order valence-corrected chi connectivity index (χ3v) is 5.90. The normalized spacial score (nSPS) is 23.1. The van der Waals surface area contributed by atoms with Gasteiger partial charge in [-0.25, -0.2) is 4.98 Å². The predicted molar refractivity (Wildman–Crippen MR) is 105 cm³/mol. The van der Waals surface area contributed by atoms with Crippen molar-refractivity contribution in [3.8, 4) is 0 Å². The molecule has 2 aromatic rings. The van der Waals surface area contributed by atoms with Crippen molar-refractivity contribution < 1.29 is 4.79 Å². The van der Waals surface area contributed by atoms with Crippen molar-refractivity contribution in [3.05, 3.63) is 41.6 Å². The van der Waals surface area contributed by atoms with Gasteiger partial charge in [0.05, 0.1) is 11.7 Å². The van der Waals surface area contributed by atoms with E-state index in [-0.39, 0.29) is 12.0 Å². The van der Waals surface area contributed by atoms with E-state index in [1.54, 1.807) is 0 Å². The number of amides is 1. The Morgan fingerprint density at radius 1 is 1.11 bits per heavy atom. The lowest BCUT2D eigenvalue weighted by atomic mass is 9.97. The first-order valence-corrected chi connectivity index (χ1v) is 9.84. The molecule has 5 rings (SSSR count). The van der Waals surface area contributed by atoms with Crippen LogP contribution in [0.4, 0.5) is 17.5 Å². The first kappa shape index (κ1) is 16.5. The number of para-hydroxylation sites is 1. The monoisotopic (exact) mass is 363 g/mol. The highest BCUT2D eigenvalue weighted by Gasteiger charge is 2.48. The molecule has 1 saturated carbocycles. The minimum Gasteiger partial charge on any atom is -0.347 e. The Labute approximate surface area is 159 Å². The van der Waals surface area contributed by atoms with Gasteiger partial charge in [-0.2, -0.15) is 4.98 Å². The van der Waals surface area contributed by atoms with Gasteiger partial charge in [-0.1, -0.05) is 18.2 Å². The molecule has 3 aliphatic rings. The predicted octanol–water partition coefficient (Wildman–Crippen LogP) is 3.28. The molecule has 2 bridgehead atoms. The lowest BCUT2D eigenvalue weighted by Crippen LogP contribution is -2.43. The molecule has 2 atom stereocenters. The maximum Gasteiger partial charge on any atom is 0.227 e. The standard InChI is InChI=1S/C21H25N5O/c1-25(2)21-23-16-12-15-10-11-17(26(15)20(27)13-8-9-13)18(16)19(24-21)22-14-6-4-3-5-7-14/h3-7,13,15,17H,8-12H2,1-2H3,(H,22,23,24)/t15-,17+/m1/s1. The summed E-state index contributed by atoms with van der Waals surface area (Å²) in [6.45, 7) is 0. The van der Waals surface area contributed by atoms with E-state index in [0.717, 1.165) is 54.9 Å². The van der Waals surface area contributed by atoms with Crippen LogP contribution in [0.25, 0.3) is 0 Å². The van der Waals surface area contributed by atoms with Crippen LogP contribution in [0.2, 0.25) is 0 Å². The molecule has 27 heavy (non-hydrogen) atoms. The average molecular weight is 363 g/mol. The molecular formula is C21H25N5O. The number of fused-ring (bicyclic) bond motifs is 4. The summed E-state index contributed by atoms with van der Waals surface area (Å²) in [4.78, 5) is 26.7. The molecule has 1 saturated heterocycles. The van der Waals surface area contributed by atoms with Crippen molar-refractivity contribution in [2.45, 2.75) is 44.2 Å². The molecule has 1 aliphatic carbocycles. The first-order valence-electron chi connectivity index (χ1n) is 9.84. The van der Waals surface area contributed by atoms with Crippen LogP contribution in [0.1, 0.15) is 43.0 Å². The van der Waals surface area contributed by atoms with Crippen LogP contribution in [0, 0.1) is 5.92 Å². The number of hydrogen-bond acceptors (Lipinski definition) is 5. The fourth-order valence-electron chi connectivity index (χ4n) is 4.43. The zero-order valence-electron chi connectivity index (χ0n) is 15.9. The highest BCUT2D eigenvalue weighted by atomic mass is 16.2. The minimum atomic E-state index is 0.106. The molecule has 2 fully saturated rings. The molecule has 1 aromatic carbocycles. The van der Waals surface area contributed by atoms with E-state index >= 15 is 0 Å². The Morgan fingerprint density at radius 2 is 1.89 bits per heavy atom. The molecule has 6 nitrogen and oxygen atoms in total. The fourth-order valence-corrected chi connectivity index (χ4v) is 4.43. The van der Waals surface area contributed by atoms with E-state index in [1.807, 2.05) is 49.3 Å². The zero-order valence-corrected chi connectivity index (χ0v) is 15.9. The van der Waals surface area contributed by atoms with Gasteiger partial charge < -0.3 is 15.1 Å². The van der Waals surface area contributed by atoms with Gasteiger partial charge in [0, 0.05) is 43.7 Å². The summed E-state index contributed by atoms with van der Waals surface area (Å²) in [6, 6.07) is 10.5. The van der Waals surface area contributed by atoms with E-state index in [4.69, 9.17) is 9.97 Å². The smallest absolute Gasteiger partial charge is 0.227 e. The second-order valence-electron chi connectivity index (χ2n) is 8.09. The van der Waals surface area contributed by atoms with Gasteiger partial charge in [-0.05, 0) is 37.8 Å². The molecule has 1 amide bonds. The van der Waals surface area contributed by atoms with E-state index in [0.29, 0.717) is 17.9 Å². The van der Waals surface area contributed by atoms with Crippen LogP contribution >= 0.6 is 0 Å². The summed E-state index contributed by atoms with van der Waals surface area (Å²) >= 11 is 0. The van der Waals surface area contributed by atoms with Gasteiger partial charge in [-0.3, -0.25) is 4.79 Å². The average Bonchev–Trinajstić information content (AvgIpc) is 3.46. The highest BCUT2D eigenvalue weighted by Crippen LogP contribution is 2.48. The molecule has 2 aliphatic heterocycles. The first-order chi connectivity index (χ1) is 13.1. The van der Waals surface area contributed by atoms with Gasteiger partial charge in [0.15, 0.2) is 0 Å². The lowest BCUT2D eigenvalue weighted by Gasteiger charge is -2.37. The van der Waals surface area contributed by atoms with Gasteiger partial charge in [0.2, 0.25) is 11.9 Å². The van der Waals surface area contributed by atoms with E-state index in [9.17, 15) is 4.79 Å². The van der Waals surface area contributed by atoms with Crippen LogP contribution < -0.4 is 10.2 Å². The molecule has 1 N–H and O–H groups in total. The maximum absolute atomic E-state index is 12.9. The third kappa shape index (κ3) is 2.83. The number of aromatic nitrogens is 2. The highest BCUT2D eigenvalue weighted by molar-refractivity contribution is 5.83. The Balaban J connectivity index is 1.59. The Morgan fingerprint density at radius 3 is 2.59 bits per heavy atom. The topological polar surface area (TPSA) is 61.4 Å². The summed E-state index contributed by atoms with van der Waals surface area (Å²) in [5.74, 6) is 2.15. The lowest BCUT2D eigenvalue weighted by molar-refractivity contribution is -0.136. The number of benzene rings is 1. The SMILES string of the molecule is CN(C)c1nc2c(c(Nc3ccccc3)n1)[C@@H]1CC[C@H](C2)N1C(=O)C1CC1. The van der Waals surface area contributed by atoms with Crippen LogP contribution in [-0.4, -0.2) is 40.9 Å². The number of anilines is 3. The number of carbonyl (C=O) groups is 1. The van der Waals surface area contributed by atoms with E-state index < -0.39 is 0 Å². The molecule has 0 unspecified atom stereocenters. The number of nitrogens with one attached hydrogen (secondary N) is 1. The van der Waals surface area contributed by atoms with Crippen LogP contribution in [-0.2, 0) is 11.2 Å². The summed E-state index contributed by atoms with van der Waals surface area (Å²) < 4.78 is 0. The van der Waals surface area contributed by atoms with Crippen molar-refractivity contribution >= 4 is 23.4 Å². The quantitative estimate of drug-likeness (QED) is 0.903. The molecule has 3 heterocycles. The van der Waals surface area contributed by atoms with Gasteiger partial charge in [-0.15, -0.1) is 0 Å². The molecule has 0 radical (unpaired) electrons.